The van der Waals surface area contributed by atoms with Crippen molar-refractivity contribution in [2.24, 2.45) is 0 Å². The number of benzene rings is 2. The van der Waals surface area contributed by atoms with Crippen LogP contribution in [0.25, 0.3) is 0 Å². The Morgan fingerprint density at radius 2 is 1.77 bits per heavy atom. The lowest BCUT2D eigenvalue weighted by atomic mass is 10.2. The van der Waals surface area contributed by atoms with Gasteiger partial charge in [0.25, 0.3) is 0 Å². The lowest BCUT2D eigenvalue weighted by molar-refractivity contribution is 0.247. The van der Waals surface area contributed by atoms with Gasteiger partial charge in [-0.15, -0.1) is 0 Å². The van der Waals surface area contributed by atoms with Crippen molar-refractivity contribution in [2.75, 3.05) is 18.5 Å². The Morgan fingerprint density at radius 1 is 1.09 bits per heavy atom. The summed E-state index contributed by atoms with van der Waals surface area (Å²) in [5.74, 6) is 0.706. The maximum absolute atomic E-state index is 11.8. The molecule has 0 radical (unpaired) electrons. The quantitative estimate of drug-likeness (QED) is 0.788. The van der Waals surface area contributed by atoms with Gasteiger partial charge in [0.1, 0.15) is 12.4 Å². The normalized spacial score (nSPS) is 10.1. The fourth-order valence-electron chi connectivity index (χ4n) is 1.76. The minimum Gasteiger partial charge on any atom is -0.492 e. The number of nitrogens with one attached hydrogen (secondary N) is 2. The van der Waals surface area contributed by atoms with Crippen LogP contribution in [0.3, 0.4) is 0 Å². The summed E-state index contributed by atoms with van der Waals surface area (Å²) in [5.41, 5.74) is 1.63. The largest absolute Gasteiger partial charge is 0.492 e. The molecule has 0 aromatic heterocycles. The summed E-state index contributed by atoms with van der Waals surface area (Å²) in [6.07, 6.45) is 0. The first-order valence-electron chi connectivity index (χ1n) is 6.74. The minimum atomic E-state index is -0.301. The highest BCUT2D eigenvalue weighted by molar-refractivity contribution is 6.31. The molecule has 0 aliphatic rings. The molecule has 2 N–H and O–H groups in total. The summed E-state index contributed by atoms with van der Waals surface area (Å²) in [6.45, 7) is 2.65. The van der Waals surface area contributed by atoms with Crippen molar-refractivity contribution < 1.29 is 9.53 Å². The van der Waals surface area contributed by atoms with Crippen LogP contribution >= 0.6 is 23.2 Å². The second-order valence-electron chi connectivity index (χ2n) is 4.64. The monoisotopic (exact) mass is 338 g/mol. The zero-order chi connectivity index (χ0) is 15.9. The second-order valence-corrected chi connectivity index (χ2v) is 5.52. The number of halogens is 2. The third-order valence-electron chi connectivity index (χ3n) is 2.92. The summed E-state index contributed by atoms with van der Waals surface area (Å²) < 4.78 is 5.48. The first-order valence-corrected chi connectivity index (χ1v) is 7.49. The zero-order valence-corrected chi connectivity index (χ0v) is 13.5. The van der Waals surface area contributed by atoms with Gasteiger partial charge in [-0.05, 0) is 48.9 Å². The smallest absolute Gasteiger partial charge is 0.319 e. The molecule has 0 heterocycles. The molecule has 2 aromatic carbocycles. The van der Waals surface area contributed by atoms with E-state index in [1.165, 1.54) is 0 Å². The number of carbonyl (C=O) groups excluding carboxylic acids is 1. The Morgan fingerprint density at radius 3 is 2.50 bits per heavy atom. The Kier molecular flexibility index (Phi) is 5.92. The number of rotatable bonds is 5. The third-order valence-corrected chi connectivity index (χ3v) is 3.40. The summed E-state index contributed by atoms with van der Waals surface area (Å²) in [4.78, 5) is 11.8. The maximum Gasteiger partial charge on any atom is 0.319 e. The number of ether oxygens (including phenoxy) is 1. The van der Waals surface area contributed by atoms with Crippen LogP contribution in [0.1, 0.15) is 5.56 Å². The van der Waals surface area contributed by atoms with E-state index in [4.69, 9.17) is 27.9 Å². The molecular weight excluding hydrogens is 323 g/mol. The van der Waals surface area contributed by atoms with Gasteiger partial charge in [0.2, 0.25) is 0 Å². The van der Waals surface area contributed by atoms with E-state index < -0.39 is 0 Å². The molecule has 4 nitrogen and oxygen atoms in total. The molecule has 22 heavy (non-hydrogen) atoms. The molecule has 0 aliphatic heterocycles. The number of aryl methyl sites for hydroxylation is 1. The van der Waals surface area contributed by atoms with Gasteiger partial charge in [0, 0.05) is 15.7 Å². The topological polar surface area (TPSA) is 50.4 Å². The minimum absolute atomic E-state index is 0.301. The Hall–Kier alpha value is -1.91. The van der Waals surface area contributed by atoms with Gasteiger partial charge in [-0.1, -0.05) is 29.3 Å². The second kappa shape index (κ2) is 7.92. The van der Waals surface area contributed by atoms with E-state index in [0.717, 1.165) is 5.56 Å². The van der Waals surface area contributed by atoms with E-state index in [1.807, 2.05) is 13.0 Å². The molecule has 0 bridgehead atoms. The number of carbonyl (C=O) groups is 1. The fourth-order valence-corrected chi connectivity index (χ4v) is 2.06. The Balaban J connectivity index is 1.74. The van der Waals surface area contributed by atoms with E-state index in [2.05, 4.69) is 10.6 Å². The van der Waals surface area contributed by atoms with Crippen LogP contribution < -0.4 is 15.4 Å². The van der Waals surface area contributed by atoms with Crippen molar-refractivity contribution in [2.45, 2.75) is 6.92 Å². The first-order chi connectivity index (χ1) is 10.5. The summed E-state index contributed by atoms with van der Waals surface area (Å²) in [6, 6.07) is 12.1. The standard InChI is InChI=1S/C16H16Cl2N2O2/c1-11-2-3-13(18)10-15(11)20-16(21)19-8-9-22-14-6-4-12(17)5-7-14/h2-7,10H,8-9H2,1H3,(H2,19,20,21). The fraction of sp³-hybridized carbons (Fsp3) is 0.188. The van der Waals surface area contributed by atoms with E-state index >= 15 is 0 Å². The number of hydrogen-bond acceptors (Lipinski definition) is 2. The lowest BCUT2D eigenvalue weighted by Crippen LogP contribution is -2.32. The molecule has 0 spiro atoms. The molecule has 0 saturated carbocycles. The van der Waals surface area contributed by atoms with Crippen molar-refractivity contribution in [3.05, 3.63) is 58.1 Å². The molecule has 0 unspecified atom stereocenters. The number of anilines is 1. The molecule has 2 amide bonds. The average Bonchev–Trinajstić information content (AvgIpc) is 2.49. The van der Waals surface area contributed by atoms with Gasteiger partial charge in [-0.25, -0.2) is 4.79 Å². The predicted molar refractivity (Wildman–Crippen MR) is 90.2 cm³/mol. The van der Waals surface area contributed by atoms with Crippen molar-refractivity contribution in [1.29, 1.82) is 0 Å². The highest BCUT2D eigenvalue weighted by Gasteiger charge is 2.04. The number of amides is 2. The highest BCUT2D eigenvalue weighted by atomic mass is 35.5. The molecule has 2 rings (SSSR count). The molecule has 0 saturated heterocycles. The highest BCUT2D eigenvalue weighted by Crippen LogP contribution is 2.20. The van der Waals surface area contributed by atoms with Crippen LogP contribution in [0, 0.1) is 6.92 Å². The van der Waals surface area contributed by atoms with E-state index in [0.29, 0.717) is 34.6 Å². The van der Waals surface area contributed by atoms with Gasteiger partial charge >= 0.3 is 6.03 Å². The lowest BCUT2D eigenvalue weighted by Gasteiger charge is -2.11. The van der Waals surface area contributed by atoms with E-state index in [-0.39, 0.29) is 6.03 Å². The zero-order valence-electron chi connectivity index (χ0n) is 12.0. The van der Waals surface area contributed by atoms with Crippen molar-refractivity contribution in [1.82, 2.24) is 5.32 Å². The van der Waals surface area contributed by atoms with E-state index in [1.54, 1.807) is 36.4 Å². The predicted octanol–water partition coefficient (Wildman–Crippen LogP) is 4.50. The van der Waals surface area contributed by atoms with Crippen LogP contribution in [0.15, 0.2) is 42.5 Å². The third kappa shape index (κ3) is 5.13. The van der Waals surface area contributed by atoms with E-state index in [9.17, 15) is 4.79 Å². The van der Waals surface area contributed by atoms with Gasteiger partial charge in [0.15, 0.2) is 0 Å². The van der Waals surface area contributed by atoms with Gasteiger partial charge in [-0.2, -0.15) is 0 Å². The van der Waals surface area contributed by atoms with Gasteiger partial charge in [-0.3, -0.25) is 0 Å². The number of urea groups is 1. The summed E-state index contributed by atoms with van der Waals surface area (Å²) >= 11 is 11.7. The van der Waals surface area contributed by atoms with Crippen molar-refractivity contribution in [3.63, 3.8) is 0 Å². The maximum atomic E-state index is 11.8. The molecule has 116 valence electrons. The SMILES string of the molecule is Cc1ccc(Cl)cc1NC(=O)NCCOc1ccc(Cl)cc1. The average molecular weight is 339 g/mol. The summed E-state index contributed by atoms with van der Waals surface area (Å²) in [5, 5.41) is 6.70. The molecule has 2 aromatic rings. The van der Waals surface area contributed by atoms with Gasteiger partial charge < -0.3 is 15.4 Å². The molecule has 0 aliphatic carbocycles. The van der Waals surface area contributed by atoms with Crippen LogP contribution in [0.2, 0.25) is 10.0 Å². The van der Waals surface area contributed by atoms with Crippen LogP contribution in [-0.4, -0.2) is 19.2 Å². The molecule has 0 fully saturated rings. The summed E-state index contributed by atoms with van der Waals surface area (Å²) in [7, 11) is 0. The van der Waals surface area contributed by atoms with Crippen molar-refractivity contribution >= 4 is 34.9 Å². The number of hydrogen-bond donors (Lipinski definition) is 2. The molecule has 6 heteroatoms. The van der Waals surface area contributed by atoms with Crippen LogP contribution in [0.4, 0.5) is 10.5 Å². The van der Waals surface area contributed by atoms with Crippen molar-refractivity contribution in [3.8, 4) is 5.75 Å². The first kappa shape index (κ1) is 16.5. The van der Waals surface area contributed by atoms with Crippen LogP contribution in [-0.2, 0) is 0 Å². The van der Waals surface area contributed by atoms with Crippen LogP contribution in [0.5, 0.6) is 5.75 Å². The molecule has 0 atom stereocenters. The Bertz CT molecular complexity index is 645. The molecular formula is C16H16Cl2N2O2. The van der Waals surface area contributed by atoms with Gasteiger partial charge in [0.05, 0.1) is 6.54 Å². The Labute approximate surface area is 139 Å².